The monoisotopic (exact) mass is 197 g/mol. The predicted octanol–water partition coefficient (Wildman–Crippen LogP) is 2.45. The second kappa shape index (κ2) is 5.60. The summed E-state index contributed by atoms with van der Waals surface area (Å²) < 4.78 is 17.7. The molecule has 0 aromatic heterocycles. The van der Waals surface area contributed by atoms with Crippen molar-refractivity contribution in [1.29, 1.82) is 0 Å². The molecule has 0 amide bonds. The van der Waals surface area contributed by atoms with Crippen LogP contribution in [-0.4, -0.2) is 26.6 Å². The molecule has 1 aromatic rings. The van der Waals surface area contributed by atoms with Crippen LogP contribution in [0.2, 0.25) is 0 Å². The lowest BCUT2D eigenvalue weighted by Crippen LogP contribution is -2.38. The second-order valence-corrected chi connectivity index (χ2v) is 2.97. The zero-order valence-corrected chi connectivity index (χ0v) is 8.61. The molecule has 0 aliphatic heterocycles. The molecule has 0 saturated heterocycles. The van der Waals surface area contributed by atoms with Crippen LogP contribution in [0.4, 0.5) is 10.1 Å². The first-order valence-corrected chi connectivity index (χ1v) is 4.74. The second-order valence-electron chi connectivity index (χ2n) is 2.97. The third-order valence-corrected chi connectivity index (χ3v) is 2.18. The number of hydrogen-bond acceptors (Lipinski definition) is 2. The summed E-state index contributed by atoms with van der Waals surface area (Å²) in [7, 11) is 1.52. The number of nitrogens with zero attached hydrogens (tertiary/aromatic N) is 1. The molecule has 0 heterocycles. The number of halogens is 1. The number of alkyl halides is 1. The summed E-state index contributed by atoms with van der Waals surface area (Å²) in [6, 6.07) is 9.71. The number of ether oxygens (including phenoxy) is 1. The highest BCUT2D eigenvalue weighted by Gasteiger charge is 2.15. The minimum Gasteiger partial charge on any atom is -0.359 e. The number of hydrogen-bond donors (Lipinski definition) is 0. The van der Waals surface area contributed by atoms with E-state index in [1.807, 2.05) is 42.2 Å². The van der Waals surface area contributed by atoms with Gasteiger partial charge >= 0.3 is 0 Å². The molecule has 0 radical (unpaired) electrons. The van der Waals surface area contributed by atoms with E-state index in [1.54, 1.807) is 0 Å². The van der Waals surface area contributed by atoms with Crippen LogP contribution in [0, 0.1) is 0 Å². The van der Waals surface area contributed by atoms with E-state index < -0.39 is 12.9 Å². The van der Waals surface area contributed by atoms with Crippen LogP contribution in [0.15, 0.2) is 30.3 Å². The first-order valence-electron chi connectivity index (χ1n) is 4.74. The van der Waals surface area contributed by atoms with Crippen molar-refractivity contribution in [3.8, 4) is 0 Å². The number of benzene rings is 1. The number of anilines is 1. The van der Waals surface area contributed by atoms with Crippen LogP contribution in [0.5, 0.6) is 0 Å². The van der Waals surface area contributed by atoms with Crippen molar-refractivity contribution < 1.29 is 9.13 Å². The highest BCUT2D eigenvalue weighted by atomic mass is 19.1. The molecule has 1 unspecified atom stereocenters. The number of para-hydroxylation sites is 1. The number of rotatable bonds is 5. The minimum absolute atomic E-state index is 0.484. The molecule has 2 nitrogen and oxygen atoms in total. The summed E-state index contributed by atoms with van der Waals surface area (Å²) in [5.41, 5.74) is 0.986. The average molecular weight is 197 g/mol. The zero-order valence-electron chi connectivity index (χ0n) is 8.61. The molecule has 0 N–H and O–H groups in total. The molecule has 1 rings (SSSR count). The minimum atomic E-state index is -0.501. The van der Waals surface area contributed by atoms with Gasteiger partial charge in [0.15, 0.2) is 6.23 Å². The van der Waals surface area contributed by atoms with Gasteiger partial charge in [-0.2, -0.15) is 0 Å². The lowest BCUT2D eigenvalue weighted by atomic mass is 10.3. The molecule has 3 heteroatoms. The van der Waals surface area contributed by atoms with Crippen LogP contribution in [0.1, 0.15) is 6.92 Å². The Labute approximate surface area is 84.3 Å². The van der Waals surface area contributed by atoms with Crippen molar-refractivity contribution in [2.24, 2.45) is 0 Å². The summed E-state index contributed by atoms with van der Waals surface area (Å²) in [6.07, 6.45) is -0.484. The van der Waals surface area contributed by atoms with E-state index in [1.165, 1.54) is 7.11 Å². The van der Waals surface area contributed by atoms with Crippen molar-refractivity contribution in [3.05, 3.63) is 30.3 Å². The van der Waals surface area contributed by atoms with Gasteiger partial charge in [-0.05, 0) is 19.1 Å². The zero-order chi connectivity index (χ0) is 10.4. The maximum absolute atomic E-state index is 12.6. The molecule has 78 valence electrons. The molecular formula is C11H16FNO. The summed E-state index contributed by atoms with van der Waals surface area (Å²) in [5.74, 6) is 0. The smallest absolute Gasteiger partial charge is 0.158 e. The van der Waals surface area contributed by atoms with Gasteiger partial charge in [0.25, 0.3) is 0 Å². The van der Waals surface area contributed by atoms with E-state index in [2.05, 4.69) is 0 Å². The summed E-state index contributed by atoms with van der Waals surface area (Å²) in [4.78, 5) is 1.89. The summed E-state index contributed by atoms with van der Waals surface area (Å²) >= 11 is 0. The van der Waals surface area contributed by atoms with Gasteiger partial charge < -0.3 is 9.64 Å². The Morgan fingerprint density at radius 3 is 2.43 bits per heavy atom. The van der Waals surface area contributed by atoms with Crippen molar-refractivity contribution in [1.82, 2.24) is 0 Å². The van der Waals surface area contributed by atoms with Gasteiger partial charge in [-0.1, -0.05) is 18.2 Å². The van der Waals surface area contributed by atoms with Gasteiger partial charge in [0, 0.05) is 19.3 Å². The largest absolute Gasteiger partial charge is 0.359 e. The van der Waals surface area contributed by atoms with E-state index >= 15 is 0 Å². The fourth-order valence-corrected chi connectivity index (χ4v) is 1.45. The molecular weight excluding hydrogens is 181 g/mol. The first-order chi connectivity index (χ1) is 6.83. The van der Waals surface area contributed by atoms with Gasteiger partial charge in [0.05, 0.1) is 0 Å². The van der Waals surface area contributed by atoms with Crippen LogP contribution in [-0.2, 0) is 4.74 Å². The quantitative estimate of drug-likeness (QED) is 0.672. The van der Waals surface area contributed by atoms with Crippen LogP contribution in [0.25, 0.3) is 0 Å². The van der Waals surface area contributed by atoms with Crippen LogP contribution >= 0.6 is 0 Å². The Morgan fingerprint density at radius 2 is 2.00 bits per heavy atom. The van der Waals surface area contributed by atoms with Crippen molar-refractivity contribution in [2.75, 3.05) is 25.2 Å². The molecule has 0 bridgehead atoms. The molecule has 0 saturated carbocycles. The lowest BCUT2D eigenvalue weighted by molar-refractivity contribution is 0.0769. The Bertz CT molecular complexity index is 249. The van der Waals surface area contributed by atoms with Gasteiger partial charge in [-0.3, -0.25) is 0 Å². The first kappa shape index (κ1) is 11.0. The van der Waals surface area contributed by atoms with Crippen LogP contribution in [0.3, 0.4) is 0 Å². The standard InChI is InChI=1S/C11H16FNO/c1-3-13(11(9-12)14-2)10-7-5-4-6-8-10/h4-8,11H,3,9H2,1-2H3. The molecule has 0 aliphatic carbocycles. The van der Waals surface area contributed by atoms with E-state index in [-0.39, 0.29) is 0 Å². The SMILES string of the molecule is CCN(c1ccccc1)C(CF)OC. The molecule has 0 aliphatic rings. The van der Waals surface area contributed by atoms with Crippen molar-refractivity contribution >= 4 is 5.69 Å². The Balaban J connectivity index is 2.81. The molecule has 14 heavy (non-hydrogen) atoms. The van der Waals surface area contributed by atoms with E-state index in [0.717, 1.165) is 12.2 Å². The van der Waals surface area contributed by atoms with Gasteiger partial charge in [-0.25, -0.2) is 4.39 Å². The normalized spacial score (nSPS) is 12.5. The van der Waals surface area contributed by atoms with E-state index in [4.69, 9.17) is 4.74 Å². The molecule has 1 aromatic carbocycles. The van der Waals surface area contributed by atoms with Gasteiger partial charge in [0.2, 0.25) is 0 Å². The summed E-state index contributed by atoms with van der Waals surface area (Å²) in [6.45, 7) is 2.21. The molecule has 1 atom stereocenters. The molecule has 0 fully saturated rings. The van der Waals surface area contributed by atoms with Crippen molar-refractivity contribution in [2.45, 2.75) is 13.2 Å². The fraction of sp³-hybridized carbons (Fsp3) is 0.455. The maximum atomic E-state index is 12.6. The maximum Gasteiger partial charge on any atom is 0.158 e. The highest BCUT2D eigenvalue weighted by Crippen LogP contribution is 2.16. The van der Waals surface area contributed by atoms with E-state index in [0.29, 0.717) is 0 Å². The lowest BCUT2D eigenvalue weighted by Gasteiger charge is -2.29. The average Bonchev–Trinajstić information content (AvgIpc) is 2.27. The highest BCUT2D eigenvalue weighted by molar-refractivity contribution is 5.46. The Hall–Kier alpha value is -1.09. The van der Waals surface area contributed by atoms with Crippen LogP contribution < -0.4 is 4.90 Å². The van der Waals surface area contributed by atoms with E-state index in [9.17, 15) is 4.39 Å². The van der Waals surface area contributed by atoms with Gasteiger partial charge in [0.1, 0.15) is 6.67 Å². The Morgan fingerprint density at radius 1 is 1.36 bits per heavy atom. The fourth-order valence-electron chi connectivity index (χ4n) is 1.45. The van der Waals surface area contributed by atoms with Gasteiger partial charge in [-0.15, -0.1) is 0 Å². The number of methoxy groups -OCH3 is 1. The topological polar surface area (TPSA) is 12.5 Å². The van der Waals surface area contributed by atoms with Crippen molar-refractivity contribution in [3.63, 3.8) is 0 Å². The third kappa shape index (κ3) is 2.45. The third-order valence-electron chi connectivity index (χ3n) is 2.18. The molecule has 0 spiro atoms. The Kier molecular flexibility index (Phi) is 4.40. The predicted molar refractivity (Wildman–Crippen MR) is 56.2 cm³/mol. The summed E-state index contributed by atoms with van der Waals surface area (Å²) in [5, 5.41) is 0.